The second-order valence-corrected chi connectivity index (χ2v) is 16.3. The molecule has 13 heteroatoms. The van der Waals surface area contributed by atoms with E-state index in [0.717, 1.165) is 31.0 Å². The van der Waals surface area contributed by atoms with Crippen molar-refractivity contribution in [2.45, 2.75) is 32.6 Å². The molecular weight excluding hydrogens is 728 g/mol. The van der Waals surface area contributed by atoms with Crippen molar-refractivity contribution < 1.29 is 34.2 Å². The summed E-state index contributed by atoms with van der Waals surface area (Å²) < 4.78 is 2.57. The molecule has 11 nitrogen and oxygen atoms in total. The van der Waals surface area contributed by atoms with E-state index in [0.29, 0.717) is 22.1 Å². The highest BCUT2D eigenvalue weighted by molar-refractivity contribution is 7.22. The maximum atomic E-state index is 15.0. The largest absolute Gasteiger partial charge is 0.508 e. The first-order valence-corrected chi connectivity index (χ1v) is 18.8. The molecule has 0 bridgehead atoms. The average Bonchev–Trinajstić information content (AvgIpc) is 3.81. The fraction of sp³-hybridized carbons (Fsp3) is 0.268. The number of imide groups is 2. The molecule has 2 saturated heterocycles. The zero-order valence-corrected chi connectivity index (χ0v) is 30.9. The van der Waals surface area contributed by atoms with Gasteiger partial charge in [0.1, 0.15) is 17.3 Å². The van der Waals surface area contributed by atoms with E-state index in [2.05, 4.69) is 0 Å². The Morgan fingerprint density at radius 1 is 0.944 bits per heavy atom. The van der Waals surface area contributed by atoms with Crippen LogP contribution in [0, 0.1) is 36.0 Å². The number of aryl methyl sites for hydroxylation is 2. The van der Waals surface area contributed by atoms with Gasteiger partial charge in [-0.1, -0.05) is 41.4 Å². The summed E-state index contributed by atoms with van der Waals surface area (Å²) >= 11 is 7.85. The number of phenolic OH excluding ortho intramolecular Hbond substituents is 1. The highest BCUT2D eigenvalue weighted by Gasteiger charge is 2.68. The van der Waals surface area contributed by atoms with Crippen LogP contribution in [0.4, 0.5) is 11.5 Å². The van der Waals surface area contributed by atoms with Crippen molar-refractivity contribution in [3.05, 3.63) is 106 Å². The number of fused-ring (bicyclic) bond motifs is 5. The number of allylic oxidation sites excluding steroid dienone is 2. The first kappa shape index (κ1) is 34.2. The molecule has 0 spiro atoms. The number of carboxylic acid groups (broad SMARTS) is 1. The fourth-order valence-electron chi connectivity index (χ4n) is 9.57. The van der Waals surface area contributed by atoms with E-state index in [9.17, 15) is 29.4 Å². The van der Waals surface area contributed by atoms with Gasteiger partial charge >= 0.3 is 5.97 Å². The van der Waals surface area contributed by atoms with Crippen LogP contribution in [-0.2, 0) is 26.2 Å². The summed E-state index contributed by atoms with van der Waals surface area (Å²) in [6.45, 7) is 3.78. The van der Waals surface area contributed by atoms with E-state index >= 15 is 4.79 Å². The first-order chi connectivity index (χ1) is 25.8. The minimum absolute atomic E-state index is 0.00874. The van der Waals surface area contributed by atoms with Crippen molar-refractivity contribution in [2.24, 2.45) is 36.1 Å². The van der Waals surface area contributed by atoms with Gasteiger partial charge in [0.05, 0.1) is 39.3 Å². The number of carbonyl (C=O) groups excluding carboxylic acids is 4. The monoisotopic (exact) mass is 760 g/mol. The summed E-state index contributed by atoms with van der Waals surface area (Å²) in [6, 6.07) is 19.8. The number of halogens is 1. The third-order valence-corrected chi connectivity index (χ3v) is 13.6. The molecule has 9 rings (SSSR count). The normalized spacial score (nSPS) is 26.3. The number of benzene rings is 3. The number of carbonyl (C=O) groups is 5. The van der Waals surface area contributed by atoms with E-state index < -0.39 is 64.6 Å². The van der Waals surface area contributed by atoms with Crippen molar-refractivity contribution in [1.82, 2.24) is 9.78 Å². The Labute approximate surface area is 318 Å². The molecule has 0 radical (unpaired) electrons. The molecule has 2 aliphatic carbocycles. The van der Waals surface area contributed by atoms with E-state index in [1.807, 2.05) is 37.3 Å². The van der Waals surface area contributed by atoms with E-state index in [-0.39, 0.29) is 29.8 Å². The molecule has 6 atom stereocenters. The number of hydrogen-bond acceptors (Lipinski definition) is 8. The van der Waals surface area contributed by atoms with Crippen LogP contribution in [0.15, 0.2) is 84.4 Å². The van der Waals surface area contributed by atoms with Crippen LogP contribution < -0.4 is 9.80 Å². The van der Waals surface area contributed by atoms with Gasteiger partial charge in [0, 0.05) is 28.8 Å². The number of thiophene rings is 1. The number of phenols is 1. The maximum Gasteiger partial charge on any atom is 0.335 e. The Balaban J connectivity index is 1.14. The average molecular weight is 761 g/mol. The molecular formula is C41H33ClN4O7S. The third kappa shape index (κ3) is 4.72. The zero-order valence-electron chi connectivity index (χ0n) is 29.3. The summed E-state index contributed by atoms with van der Waals surface area (Å²) in [5.41, 5.74) is 1.79. The molecule has 2 N–H and O–H groups in total. The lowest BCUT2D eigenvalue weighted by Gasteiger charge is -2.49. The van der Waals surface area contributed by atoms with Gasteiger partial charge in [-0.3, -0.25) is 28.8 Å². The van der Waals surface area contributed by atoms with Crippen LogP contribution in [-0.4, -0.2) is 49.6 Å². The molecule has 0 unspecified atom stereocenters. The van der Waals surface area contributed by atoms with E-state index in [1.165, 1.54) is 39.9 Å². The SMILES string of the molecule is Cc1c(-c2cc(N3C(=O)[C@@H]4C[C@@H]5C(=CC[C@@H]6C(=O)N(c7cccc(C(=O)O)c7)C(=O)[C@@H]65)[C@H](c5cccc(O)c5)[C@]4(C)C3=O)n(C)n2)sc2ccc(Cl)cc12. The summed E-state index contributed by atoms with van der Waals surface area (Å²) in [7, 11) is 1.69. The Morgan fingerprint density at radius 3 is 2.48 bits per heavy atom. The lowest BCUT2D eigenvalue weighted by molar-refractivity contribution is -0.131. The third-order valence-electron chi connectivity index (χ3n) is 12.0. The van der Waals surface area contributed by atoms with Gasteiger partial charge in [0.2, 0.25) is 23.6 Å². The number of rotatable bonds is 5. The number of carboxylic acids is 1. The first-order valence-electron chi connectivity index (χ1n) is 17.6. The van der Waals surface area contributed by atoms with Crippen molar-refractivity contribution in [3.63, 3.8) is 0 Å². The number of aromatic carboxylic acids is 1. The Hall–Kier alpha value is -5.59. The second-order valence-electron chi connectivity index (χ2n) is 14.8. The molecule has 3 aromatic carbocycles. The van der Waals surface area contributed by atoms with E-state index in [4.69, 9.17) is 16.7 Å². The van der Waals surface area contributed by atoms with Crippen LogP contribution in [0.5, 0.6) is 5.75 Å². The van der Waals surface area contributed by atoms with Gasteiger partial charge in [-0.25, -0.2) is 9.69 Å². The summed E-state index contributed by atoms with van der Waals surface area (Å²) in [6.07, 6.45) is 2.30. The number of amides is 4. The van der Waals surface area contributed by atoms with Crippen molar-refractivity contribution in [2.75, 3.05) is 9.80 Å². The number of anilines is 2. The smallest absolute Gasteiger partial charge is 0.335 e. The Bertz CT molecular complexity index is 2560. The zero-order chi connectivity index (χ0) is 38.0. The predicted molar refractivity (Wildman–Crippen MR) is 202 cm³/mol. The van der Waals surface area contributed by atoms with Crippen LogP contribution in [0.3, 0.4) is 0 Å². The highest BCUT2D eigenvalue weighted by atomic mass is 35.5. The molecule has 2 aromatic heterocycles. The molecule has 5 aromatic rings. The van der Waals surface area contributed by atoms with Crippen molar-refractivity contribution in [3.8, 4) is 16.3 Å². The standard InChI is InChI=1S/C41H33ClN4O7S/c1-19-27-16-22(42)10-13-31(27)54-35(19)30-18-32(44(3)43-30)46-37(49)29-17-28-25(34(41(29,2)40(46)53)20-6-5-9-24(47)15-20)11-12-26-33(28)38(50)45(36(26)48)23-8-4-7-21(14-23)39(51)52/h4-11,13-16,18,26,28-29,33-34,47H,12,17H2,1-3H3,(H,51,52)/t26-,28+,29-,33-,34-,41+/m0/s1. The Kier molecular flexibility index (Phi) is 7.57. The minimum Gasteiger partial charge on any atom is -0.508 e. The number of aromatic nitrogens is 2. The molecule has 4 heterocycles. The second kappa shape index (κ2) is 12.0. The summed E-state index contributed by atoms with van der Waals surface area (Å²) in [4.78, 5) is 73.1. The van der Waals surface area contributed by atoms with Gasteiger partial charge in [0.15, 0.2) is 0 Å². The predicted octanol–water partition coefficient (Wildman–Crippen LogP) is 7.10. The lowest BCUT2D eigenvalue weighted by atomic mass is 9.51. The molecule has 4 amide bonds. The van der Waals surface area contributed by atoms with Crippen LogP contribution in [0.25, 0.3) is 20.7 Å². The van der Waals surface area contributed by atoms with Crippen molar-refractivity contribution in [1.29, 1.82) is 0 Å². The maximum absolute atomic E-state index is 15.0. The quantitative estimate of drug-likeness (QED) is 0.142. The summed E-state index contributed by atoms with van der Waals surface area (Å²) in [5.74, 6) is -6.33. The topological polar surface area (TPSA) is 150 Å². The molecule has 54 heavy (non-hydrogen) atoms. The fourth-order valence-corrected chi connectivity index (χ4v) is 10.9. The summed E-state index contributed by atoms with van der Waals surface area (Å²) in [5, 5.41) is 26.6. The number of aromatic hydroxyl groups is 1. The van der Waals surface area contributed by atoms with Crippen LogP contribution in [0.2, 0.25) is 5.02 Å². The van der Waals surface area contributed by atoms with Gasteiger partial charge in [-0.2, -0.15) is 5.10 Å². The molecule has 2 aliphatic heterocycles. The van der Waals surface area contributed by atoms with Gasteiger partial charge in [-0.05, 0) is 97.7 Å². The lowest BCUT2D eigenvalue weighted by Crippen LogP contribution is -2.48. The number of hydrogen-bond donors (Lipinski definition) is 2. The van der Waals surface area contributed by atoms with Gasteiger partial charge in [-0.15, -0.1) is 11.3 Å². The molecule has 272 valence electrons. The van der Waals surface area contributed by atoms with Gasteiger partial charge < -0.3 is 10.2 Å². The van der Waals surface area contributed by atoms with Crippen molar-refractivity contribution >= 4 is 74.1 Å². The molecule has 1 saturated carbocycles. The van der Waals surface area contributed by atoms with Gasteiger partial charge in [0.25, 0.3) is 0 Å². The van der Waals surface area contributed by atoms with E-state index in [1.54, 1.807) is 43.5 Å². The minimum atomic E-state index is -1.31. The molecule has 3 fully saturated rings. The molecule has 4 aliphatic rings. The highest BCUT2D eigenvalue weighted by Crippen LogP contribution is 2.64. The van der Waals surface area contributed by atoms with Crippen LogP contribution >= 0.6 is 22.9 Å². The Morgan fingerprint density at radius 2 is 1.72 bits per heavy atom. The number of nitrogens with zero attached hydrogens (tertiary/aromatic N) is 4. The van der Waals surface area contributed by atoms with Crippen LogP contribution in [0.1, 0.15) is 47.2 Å².